The van der Waals surface area contributed by atoms with Gasteiger partial charge in [0.25, 0.3) is 0 Å². The maximum atomic E-state index is 12.2. The Morgan fingerprint density at radius 3 is 2.43 bits per heavy atom. The van der Waals surface area contributed by atoms with Gasteiger partial charge in [0.1, 0.15) is 5.76 Å². The van der Waals surface area contributed by atoms with Gasteiger partial charge in [-0.2, -0.15) is 0 Å². The molecule has 0 bridgehead atoms. The fraction of sp³-hybridized carbons (Fsp3) is 0.286. The lowest BCUT2D eigenvalue weighted by Crippen LogP contribution is -2.34. The number of rotatable bonds is 6. The van der Waals surface area contributed by atoms with Gasteiger partial charge >= 0.3 is 0 Å². The van der Waals surface area contributed by atoms with Gasteiger partial charge in [0.2, 0.25) is 11.8 Å². The summed E-state index contributed by atoms with van der Waals surface area (Å²) in [7, 11) is 0. The highest BCUT2D eigenvalue weighted by atomic mass is 32.1. The minimum Gasteiger partial charge on any atom is -0.459 e. The van der Waals surface area contributed by atoms with E-state index in [1.807, 2.05) is 57.3 Å². The fourth-order valence-corrected chi connectivity index (χ4v) is 3.80. The summed E-state index contributed by atoms with van der Waals surface area (Å²) in [6.45, 7) is 7.71. The Morgan fingerprint density at radius 1 is 1.07 bits per heavy atom. The fourth-order valence-electron chi connectivity index (χ4n) is 3.02. The van der Waals surface area contributed by atoms with E-state index in [0.29, 0.717) is 11.5 Å². The molecule has 0 atom stereocenters. The van der Waals surface area contributed by atoms with Crippen molar-refractivity contribution in [3.8, 4) is 10.8 Å². The van der Waals surface area contributed by atoms with Crippen LogP contribution in [0.15, 0.2) is 34.1 Å². The molecule has 0 unspecified atom stereocenters. The molecule has 2 heterocycles. The van der Waals surface area contributed by atoms with Crippen molar-refractivity contribution in [2.75, 3.05) is 11.9 Å². The number of furan rings is 1. The number of benzene rings is 1. The number of aromatic nitrogens is 1. The summed E-state index contributed by atoms with van der Waals surface area (Å²) >= 11 is 1.42. The molecule has 7 heteroatoms. The van der Waals surface area contributed by atoms with Crippen molar-refractivity contribution < 1.29 is 14.0 Å². The summed E-state index contributed by atoms with van der Waals surface area (Å²) in [5, 5.41) is 8.08. The maximum absolute atomic E-state index is 12.2. The lowest BCUT2D eigenvalue weighted by atomic mass is 10.1. The minimum atomic E-state index is -0.256. The van der Waals surface area contributed by atoms with Crippen LogP contribution in [-0.2, 0) is 16.0 Å². The molecule has 2 aromatic heterocycles. The number of carbonyl (C=O) groups is 2. The first-order valence-corrected chi connectivity index (χ1v) is 9.85. The molecule has 0 fully saturated rings. The van der Waals surface area contributed by atoms with Crippen LogP contribution in [-0.4, -0.2) is 23.3 Å². The highest BCUT2D eigenvalue weighted by Crippen LogP contribution is 2.25. The molecule has 0 aliphatic heterocycles. The normalized spacial score (nSPS) is 10.7. The van der Waals surface area contributed by atoms with Crippen LogP contribution in [0.5, 0.6) is 0 Å². The third-order valence-corrected chi connectivity index (χ3v) is 5.14. The van der Waals surface area contributed by atoms with Gasteiger partial charge in [-0.15, -0.1) is 11.3 Å². The van der Waals surface area contributed by atoms with Gasteiger partial charge in [-0.1, -0.05) is 17.7 Å². The lowest BCUT2D eigenvalue weighted by molar-refractivity contribution is -0.123. The second-order valence-electron chi connectivity index (χ2n) is 6.83. The second kappa shape index (κ2) is 8.39. The number of hydrogen-bond acceptors (Lipinski definition) is 5. The molecule has 2 amide bonds. The third kappa shape index (κ3) is 4.86. The smallest absolute Gasteiger partial charge is 0.243 e. The zero-order chi connectivity index (χ0) is 20.3. The van der Waals surface area contributed by atoms with E-state index in [1.54, 1.807) is 0 Å². The van der Waals surface area contributed by atoms with Crippen LogP contribution < -0.4 is 10.6 Å². The SMILES string of the molecule is Cc1cc(C)c(NC(=O)CNC(=O)Cc2csc(-c3ccc(C)o3)n2)c(C)c1. The first-order valence-electron chi connectivity index (χ1n) is 8.97. The number of anilines is 1. The van der Waals surface area contributed by atoms with Gasteiger partial charge in [-0.05, 0) is 51.0 Å². The Bertz CT molecular complexity index is 997. The number of nitrogens with one attached hydrogen (secondary N) is 2. The van der Waals surface area contributed by atoms with Crippen LogP contribution in [0.1, 0.15) is 28.1 Å². The van der Waals surface area contributed by atoms with E-state index in [4.69, 9.17) is 4.42 Å². The van der Waals surface area contributed by atoms with Crippen LogP contribution >= 0.6 is 11.3 Å². The van der Waals surface area contributed by atoms with Crippen molar-refractivity contribution in [1.82, 2.24) is 10.3 Å². The Hall–Kier alpha value is -2.93. The summed E-state index contributed by atoms with van der Waals surface area (Å²) in [6, 6.07) is 7.76. The molecule has 1 aromatic carbocycles. The highest BCUT2D eigenvalue weighted by molar-refractivity contribution is 7.13. The third-order valence-electron chi connectivity index (χ3n) is 4.23. The number of thiazole rings is 1. The van der Waals surface area contributed by atoms with E-state index >= 15 is 0 Å². The van der Waals surface area contributed by atoms with E-state index in [1.165, 1.54) is 11.3 Å². The van der Waals surface area contributed by atoms with Crippen molar-refractivity contribution in [2.45, 2.75) is 34.1 Å². The molecule has 2 N–H and O–H groups in total. The van der Waals surface area contributed by atoms with Crippen molar-refractivity contribution in [3.05, 3.63) is 57.8 Å². The molecular weight excluding hydrogens is 374 g/mol. The van der Waals surface area contributed by atoms with Gasteiger partial charge in [0.05, 0.1) is 18.7 Å². The Balaban J connectivity index is 1.52. The molecule has 0 saturated heterocycles. The van der Waals surface area contributed by atoms with Crippen molar-refractivity contribution in [1.29, 1.82) is 0 Å². The van der Waals surface area contributed by atoms with Gasteiger partial charge in [-0.25, -0.2) is 4.98 Å². The van der Waals surface area contributed by atoms with Gasteiger partial charge in [0, 0.05) is 11.1 Å². The molecule has 0 radical (unpaired) electrons. The van der Waals surface area contributed by atoms with Crippen LogP contribution in [0.4, 0.5) is 5.69 Å². The van der Waals surface area contributed by atoms with E-state index in [-0.39, 0.29) is 24.8 Å². The lowest BCUT2D eigenvalue weighted by Gasteiger charge is -2.13. The van der Waals surface area contributed by atoms with E-state index in [9.17, 15) is 9.59 Å². The van der Waals surface area contributed by atoms with Crippen LogP contribution in [0.25, 0.3) is 10.8 Å². The average molecular weight is 398 g/mol. The van der Waals surface area contributed by atoms with Crippen molar-refractivity contribution in [2.24, 2.45) is 0 Å². The monoisotopic (exact) mass is 397 g/mol. The van der Waals surface area contributed by atoms with E-state index < -0.39 is 0 Å². The zero-order valence-corrected chi connectivity index (χ0v) is 17.2. The summed E-state index contributed by atoms with van der Waals surface area (Å²) < 4.78 is 5.54. The van der Waals surface area contributed by atoms with Crippen LogP contribution in [0.2, 0.25) is 0 Å². The van der Waals surface area contributed by atoms with Gasteiger partial charge in [0.15, 0.2) is 10.8 Å². The van der Waals surface area contributed by atoms with Crippen molar-refractivity contribution in [3.63, 3.8) is 0 Å². The quantitative estimate of drug-likeness (QED) is 0.660. The van der Waals surface area contributed by atoms with E-state index in [2.05, 4.69) is 15.6 Å². The molecule has 3 aromatic rings. The average Bonchev–Trinajstić information content (AvgIpc) is 3.25. The number of hydrogen-bond donors (Lipinski definition) is 2. The van der Waals surface area contributed by atoms with Gasteiger partial charge in [-0.3, -0.25) is 9.59 Å². The topological polar surface area (TPSA) is 84.2 Å². The predicted octanol–water partition coefficient (Wildman–Crippen LogP) is 3.93. The Morgan fingerprint density at radius 2 is 1.79 bits per heavy atom. The Kier molecular flexibility index (Phi) is 5.94. The van der Waals surface area contributed by atoms with Crippen LogP contribution in [0, 0.1) is 27.7 Å². The van der Waals surface area contributed by atoms with Crippen molar-refractivity contribution >= 4 is 28.8 Å². The molecule has 0 aliphatic rings. The summed E-state index contributed by atoms with van der Waals surface area (Å²) in [6.07, 6.45) is 0.117. The van der Waals surface area contributed by atoms with Crippen LogP contribution in [0.3, 0.4) is 0 Å². The maximum Gasteiger partial charge on any atom is 0.243 e. The molecular formula is C21H23N3O3S. The molecule has 0 spiro atoms. The second-order valence-corrected chi connectivity index (χ2v) is 7.69. The largest absolute Gasteiger partial charge is 0.459 e. The zero-order valence-electron chi connectivity index (χ0n) is 16.4. The minimum absolute atomic E-state index is 0.0834. The number of amides is 2. The number of carbonyl (C=O) groups excluding carboxylic acids is 2. The molecule has 6 nitrogen and oxygen atoms in total. The standard InChI is InChI=1S/C21H23N3O3S/c1-12-7-13(2)20(14(3)8-12)24-19(26)10-22-18(25)9-16-11-28-21(23-16)17-6-5-15(4)27-17/h5-8,11H,9-10H2,1-4H3,(H,22,25)(H,24,26). The number of aryl methyl sites for hydroxylation is 4. The summed E-state index contributed by atoms with van der Waals surface area (Å²) in [4.78, 5) is 28.8. The summed E-state index contributed by atoms with van der Waals surface area (Å²) in [5.41, 5.74) is 4.59. The first-order chi connectivity index (χ1) is 13.3. The van der Waals surface area contributed by atoms with E-state index in [0.717, 1.165) is 33.1 Å². The molecule has 146 valence electrons. The molecule has 0 aliphatic carbocycles. The Labute approximate surface area is 168 Å². The van der Waals surface area contributed by atoms with Gasteiger partial charge < -0.3 is 15.1 Å². The molecule has 0 saturated carbocycles. The summed E-state index contributed by atoms with van der Waals surface area (Å²) in [5.74, 6) is 1.00. The first kappa shape index (κ1) is 19.8. The highest BCUT2D eigenvalue weighted by Gasteiger charge is 2.13. The predicted molar refractivity (Wildman–Crippen MR) is 111 cm³/mol. The number of nitrogens with zero attached hydrogens (tertiary/aromatic N) is 1. The molecule has 3 rings (SSSR count). The molecule has 28 heavy (non-hydrogen) atoms.